The summed E-state index contributed by atoms with van der Waals surface area (Å²) in [6.45, 7) is 13.4. The Morgan fingerprint density at radius 2 is 1.66 bits per heavy atom. The summed E-state index contributed by atoms with van der Waals surface area (Å²) in [4.78, 5) is 20.8. The van der Waals surface area contributed by atoms with Crippen molar-refractivity contribution in [3.63, 3.8) is 0 Å². The summed E-state index contributed by atoms with van der Waals surface area (Å²) in [7, 11) is 0. The molecule has 1 fully saturated rings. The summed E-state index contributed by atoms with van der Waals surface area (Å²) in [6.07, 6.45) is 5.47. The zero-order valence-corrected chi connectivity index (χ0v) is 22.5. The molecule has 5 nitrogen and oxygen atoms in total. The van der Waals surface area contributed by atoms with Gasteiger partial charge < -0.3 is 9.53 Å². The molecule has 0 N–H and O–H groups in total. The van der Waals surface area contributed by atoms with E-state index in [2.05, 4.69) is 29.5 Å². The average Bonchev–Trinajstić information content (AvgIpc) is 3.23. The van der Waals surface area contributed by atoms with Crippen molar-refractivity contribution in [1.82, 2.24) is 8.75 Å². The Morgan fingerprint density at radius 1 is 1.11 bits per heavy atom. The Kier molecular flexibility index (Phi) is 12.6. The number of ether oxygens (including phenoxy) is 1. The van der Waals surface area contributed by atoms with Gasteiger partial charge in [-0.3, -0.25) is 4.79 Å². The van der Waals surface area contributed by atoms with Gasteiger partial charge in [-0.15, -0.1) is 0 Å². The average molecular weight is 515 g/mol. The van der Waals surface area contributed by atoms with Crippen molar-refractivity contribution in [3.8, 4) is 5.75 Å². The van der Waals surface area contributed by atoms with Gasteiger partial charge in [0.2, 0.25) is 0 Å². The van der Waals surface area contributed by atoms with Crippen molar-refractivity contribution in [2.75, 3.05) is 0 Å². The highest BCUT2D eigenvalue weighted by molar-refractivity contribution is 6.99. The largest absolute Gasteiger partial charge is 0.490 e. The molecule has 1 atom stereocenters. The zero-order chi connectivity index (χ0) is 26.8. The van der Waals surface area contributed by atoms with E-state index in [4.69, 9.17) is 4.74 Å². The fourth-order valence-corrected chi connectivity index (χ4v) is 4.62. The van der Waals surface area contributed by atoms with Gasteiger partial charge in [-0.05, 0) is 57.3 Å². The number of ketones is 2. The molecule has 1 heterocycles. The molecule has 1 aliphatic carbocycles. The molecule has 9 heteroatoms. The summed E-state index contributed by atoms with van der Waals surface area (Å²) in [6, 6.07) is 1.62. The maximum absolute atomic E-state index is 13.2. The quantitative estimate of drug-likeness (QED) is 0.272. The van der Waals surface area contributed by atoms with Gasteiger partial charge in [0.05, 0.1) is 23.5 Å². The van der Waals surface area contributed by atoms with Gasteiger partial charge in [0.15, 0.2) is 23.2 Å². The van der Waals surface area contributed by atoms with Crippen LogP contribution in [-0.2, 0) is 11.2 Å². The molecule has 1 saturated carbocycles. The van der Waals surface area contributed by atoms with Crippen molar-refractivity contribution >= 4 is 23.3 Å². The predicted molar refractivity (Wildman–Crippen MR) is 132 cm³/mol. The number of benzene rings is 1. The van der Waals surface area contributed by atoms with Gasteiger partial charge in [0.1, 0.15) is 17.2 Å². The second kappa shape index (κ2) is 14.3. The van der Waals surface area contributed by atoms with Gasteiger partial charge in [-0.2, -0.15) is 8.75 Å². The maximum Gasteiger partial charge on any atom is 0.194 e. The van der Waals surface area contributed by atoms with Gasteiger partial charge in [0, 0.05) is 19.1 Å². The number of carbonyl (C=O) groups excluding carboxylic acids is 2. The summed E-state index contributed by atoms with van der Waals surface area (Å²) >= 11 is 0.961. The standard InChI is InChI=1S/C15H15F3N2O2S.C8H16.C3H6O/c1-3-9(4-5-13-15(8(2)21)20-23-19-13)22-10-6-11(16)14(18)12(17)7-10;1-4-8(3)5-7(2)6-8;1-3(2)4/h6-7,9H,3-5H2,1-2H3;7H,4-6H2,1-3H3;1-2H3. The Hall–Kier alpha value is -2.29. The van der Waals surface area contributed by atoms with Crippen LogP contribution in [0.5, 0.6) is 5.75 Å². The molecule has 1 aromatic heterocycles. The number of nitrogens with zero attached hydrogens (tertiary/aromatic N) is 2. The van der Waals surface area contributed by atoms with Gasteiger partial charge >= 0.3 is 0 Å². The molecule has 0 saturated heterocycles. The minimum absolute atomic E-state index is 0.0727. The molecule has 3 rings (SSSR count). The number of hydrogen-bond acceptors (Lipinski definition) is 6. The Morgan fingerprint density at radius 3 is 2.06 bits per heavy atom. The van der Waals surface area contributed by atoms with E-state index in [1.807, 2.05) is 6.92 Å². The van der Waals surface area contributed by atoms with Crippen LogP contribution in [0, 0.1) is 28.8 Å². The third kappa shape index (κ3) is 10.5. The second-order valence-corrected chi connectivity index (χ2v) is 10.1. The van der Waals surface area contributed by atoms with E-state index in [-0.39, 0.29) is 23.4 Å². The van der Waals surface area contributed by atoms with E-state index in [1.165, 1.54) is 40.0 Å². The van der Waals surface area contributed by atoms with Gasteiger partial charge in [0.25, 0.3) is 0 Å². The van der Waals surface area contributed by atoms with E-state index in [0.717, 1.165) is 35.2 Å². The van der Waals surface area contributed by atoms with Gasteiger partial charge in [-0.25, -0.2) is 13.2 Å². The lowest BCUT2D eigenvalue weighted by atomic mass is 9.63. The highest BCUT2D eigenvalue weighted by Gasteiger charge is 2.35. The lowest BCUT2D eigenvalue weighted by Gasteiger charge is -2.43. The molecule has 35 heavy (non-hydrogen) atoms. The summed E-state index contributed by atoms with van der Waals surface area (Å²) in [5.41, 5.74) is 1.66. The first-order chi connectivity index (χ1) is 16.3. The number of aryl methyl sites for hydroxylation is 1. The molecule has 1 unspecified atom stereocenters. The van der Waals surface area contributed by atoms with E-state index < -0.39 is 17.5 Å². The fraction of sp³-hybridized carbons (Fsp3) is 0.615. The number of aromatic nitrogens is 2. The Balaban J connectivity index is 0.000000419. The van der Waals surface area contributed by atoms with Crippen molar-refractivity contribution in [2.45, 2.75) is 93.1 Å². The minimum Gasteiger partial charge on any atom is -0.490 e. The van der Waals surface area contributed by atoms with Crippen LogP contribution < -0.4 is 4.74 Å². The molecule has 2 aromatic rings. The van der Waals surface area contributed by atoms with Crippen LogP contribution in [0.4, 0.5) is 13.2 Å². The monoisotopic (exact) mass is 514 g/mol. The highest BCUT2D eigenvalue weighted by atomic mass is 32.1. The second-order valence-electron chi connectivity index (χ2n) is 9.59. The topological polar surface area (TPSA) is 69.2 Å². The lowest BCUT2D eigenvalue weighted by molar-refractivity contribution is -0.115. The van der Waals surface area contributed by atoms with Crippen LogP contribution in [0.25, 0.3) is 0 Å². The van der Waals surface area contributed by atoms with Crippen LogP contribution in [0.15, 0.2) is 12.1 Å². The summed E-state index contributed by atoms with van der Waals surface area (Å²) in [5.74, 6) is -3.17. The number of hydrogen-bond donors (Lipinski definition) is 0. The van der Waals surface area contributed by atoms with Gasteiger partial charge in [-0.1, -0.05) is 34.1 Å². The van der Waals surface area contributed by atoms with Crippen LogP contribution in [0.3, 0.4) is 0 Å². The third-order valence-corrected chi connectivity index (χ3v) is 6.41. The fourth-order valence-electron chi connectivity index (χ4n) is 3.99. The van der Waals surface area contributed by atoms with Crippen molar-refractivity contribution in [2.24, 2.45) is 11.3 Å². The molecule has 0 amide bonds. The molecule has 0 spiro atoms. The van der Waals surface area contributed by atoms with E-state index in [0.29, 0.717) is 30.7 Å². The molecule has 0 radical (unpaired) electrons. The SMILES string of the molecule is CC(C)=O.CCC(CCc1nsnc1C(C)=O)Oc1cc(F)c(F)c(F)c1.CCC1(C)CC(C)C1. The first-order valence-electron chi connectivity index (χ1n) is 11.9. The van der Waals surface area contributed by atoms with E-state index in [9.17, 15) is 22.8 Å². The molecular weight excluding hydrogens is 477 g/mol. The lowest BCUT2D eigenvalue weighted by Crippen LogP contribution is -2.31. The summed E-state index contributed by atoms with van der Waals surface area (Å²) in [5, 5.41) is 0. The normalized spacial score (nSPS) is 19.3. The number of rotatable bonds is 8. The Bertz CT molecular complexity index is 947. The molecule has 1 aromatic carbocycles. The van der Waals surface area contributed by atoms with Crippen molar-refractivity contribution in [3.05, 3.63) is 41.0 Å². The van der Waals surface area contributed by atoms with Crippen molar-refractivity contribution < 1.29 is 27.5 Å². The molecule has 0 bridgehead atoms. The first-order valence-corrected chi connectivity index (χ1v) is 12.7. The van der Waals surface area contributed by atoms with Crippen LogP contribution in [0.2, 0.25) is 0 Å². The number of Topliss-reactive ketones (excluding diaryl/α,β-unsaturated/α-hetero) is 2. The third-order valence-electron chi connectivity index (χ3n) is 5.84. The van der Waals surface area contributed by atoms with Crippen LogP contribution in [0.1, 0.15) is 96.8 Å². The molecule has 0 aliphatic heterocycles. The molecular formula is C26H37F3N2O3S. The van der Waals surface area contributed by atoms with Crippen molar-refractivity contribution in [1.29, 1.82) is 0 Å². The number of carbonyl (C=O) groups is 2. The summed E-state index contributed by atoms with van der Waals surface area (Å²) < 4.78 is 52.8. The Labute approximate surface area is 210 Å². The molecule has 1 aliphatic rings. The first kappa shape index (κ1) is 30.7. The minimum atomic E-state index is -1.52. The smallest absolute Gasteiger partial charge is 0.194 e. The maximum atomic E-state index is 13.2. The highest BCUT2D eigenvalue weighted by Crippen LogP contribution is 2.47. The molecule has 196 valence electrons. The van der Waals surface area contributed by atoms with E-state index in [1.54, 1.807) is 0 Å². The zero-order valence-electron chi connectivity index (χ0n) is 21.7. The van der Waals surface area contributed by atoms with E-state index >= 15 is 0 Å². The van der Waals surface area contributed by atoms with Crippen LogP contribution >= 0.6 is 11.7 Å². The van der Waals surface area contributed by atoms with Crippen LogP contribution in [-0.4, -0.2) is 26.4 Å². The predicted octanol–water partition coefficient (Wildman–Crippen LogP) is 7.38. The number of halogens is 3.